The quantitative estimate of drug-likeness (QED) is 0.738. The first kappa shape index (κ1) is 13.8. The first-order valence-electron chi connectivity index (χ1n) is 5.84. The Morgan fingerprint density at radius 3 is 2.15 bits per heavy atom. The summed E-state index contributed by atoms with van der Waals surface area (Å²) in [6.07, 6.45) is 0. The van der Waals surface area contributed by atoms with Gasteiger partial charge in [0.1, 0.15) is 5.75 Å². The number of carboxylic acid groups (broad SMARTS) is 1. The van der Waals surface area contributed by atoms with Crippen LogP contribution in [-0.4, -0.2) is 24.9 Å². The third-order valence-corrected chi connectivity index (χ3v) is 3.27. The minimum Gasteiger partial charge on any atom is -0.545 e. The molecule has 2 amide bonds. The fourth-order valence-electron chi connectivity index (χ4n) is 1.97. The molecule has 0 radical (unpaired) electrons. The number of benzene rings is 1. The molecule has 104 valence electrons. The molecular formula is C14H12NO5-. The van der Waals surface area contributed by atoms with Crippen LogP contribution in [0.1, 0.15) is 24.2 Å². The molecule has 1 aromatic rings. The fraction of sp³-hybridized carbons (Fsp3) is 0.214. The van der Waals surface area contributed by atoms with Crippen LogP contribution < -0.4 is 14.7 Å². The monoisotopic (exact) mass is 274 g/mol. The van der Waals surface area contributed by atoms with E-state index in [0.717, 1.165) is 4.90 Å². The summed E-state index contributed by atoms with van der Waals surface area (Å²) in [7, 11) is 1.30. The van der Waals surface area contributed by atoms with Gasteiger partial charge >= 0.3 is 0 Å². The average Bonchev–Trinajstić information content (AvgIpc) is 2.62. The van der Waals surface area contributed by atoms with E-state index in [0.29, 0.717) is 11.1 Å². The molecule has 0 saturated heterocycles. The minimum atomic E-state index is -1.39. The van der Waals surface area contributed by atoms with Gasteiger partial charge in [0.2, 0.25) is 0 Å². The fourth-order valence-corrected chi connectivity index (χ4v) is 1.97. The molecule has 0 aliphatic carbocycles. The van der Waals surface area contributed by atoms with E-state index >= 15 is 0 Å². The summed E-state index contributed by atoms with van der Waals surface area (Å²) >= 11 is 0. The zero-order chi connectivity index (χ0) is 15.0. The van der Waals surface area contributed by atoms with Crippen molar-refractivity contribution in [3.05, 3.63) is 34.9 Å². The SMILES string of the molecule is COc1cc(N2C(=O)C(C)=C(C)C2=O)ccc1C(=O)[O-]. The normalized spacial score (nSPS) is 15.1. The number of methoxy groups -OCH3 is 1. The summed E-state index contributed by atoms with van der Waals surface area (Å²) in [6.45, 7) is 3.14. The lowest BCUT2D eigenvalue weighted by atomic mass is 10.1. The third kappa shape index (κ3) is 1.95. The molecule has 6 nitrogen and oxygen atoms in total. The van der Waals surface area contributed by atoms with E-state index in [1.165, 1.54) is 25.3 Å². The number of imide groups is 1. The Morgan fingerprint density at radius 2 is 1.70 bits per heavy atom. The number of carbonyl (C=O) groups is 3. The maximum absolute atomic E-state index is 12.0. The van der Waals surface area contributed by atoms with Gasteiger partial charge in [-0.05, 0) is 26.0 Å². The highest BCUT2D eigenvalue weighted by molar-refractivity contribution is 6.32. The molecule has 0 bridgehead atoms. The van der Waals surface area contributed by atoms with Gasteiger partial charge in [-0.3, -0.25) is 9.59 Å². The standard InChI is InChI=1S/C14H13NO5/c1-7-8(2)13(17)15(12(7)16)9-4-5-10(14(18)19)11(6-9)20-3/h4-6H,1-3H3,(H,18,19)/p-1. The largest absolute Gasteiger partial charge is 0.545 e. The van der Waals surface area contributed by atoms with E-state index in [1.807, 2.05) is 0 Å². The maximum Gasteiger partial charge on any atom is 0.261 e. The van der Waals surface area contributed by atoms with Crippen LogP contribution in [0.15, 0.2) is 29.3 Å². The highest BCUT2D eigenvalue weighted by atomic mass is 16.5. The van der Waals surface area contributed by atoms with Crippen molar-refractivity contribution in [1.29, 1.82) is 0 Å². The van der Waals surface area contributed by atoms with Gasteiger partial charge in [0.05, 0.1) is 18.8 Å². The Morgan fingerprint density at radius 1 is 1.15 bits per heavy atom. The van der Waals surface area contributed by atoms with E-state index in [4.69, 9.17) is 4.74 Å². The molecule has 0 aromatic heterocycles. The summed E-state index contributed by atoms with van der Waals surface area (Å²) in [4.78, 5) is 35.9. The van der Waals surface area contributed by atoms with E-state index in [-0.39, 0.29) is 17.0 Å². The van der Waals surface area contributed by atoms with Crippen molar-refractivity contribution >= 4 is 23.5 Å². The van der Waals surface area contributed by atoms with Crippen LogP contribution in [0.5, 0.6) is 5.75 Å². The Bertz CT molecular complexity index is 636. The molecule has 6 heteroatoms. The van der Waals surface area contributed by atoms with Crippen molar-refractivity contribution in [2.24, 2.45) is 0 Å². The lowest BCUT2D eigenvalue weighted by molar-refractivity contribution is -0.255. The Hall–Kier alpha value is -2.63. The molecule has 1 aliphatic heterocycles. The number of hydrogen-bond acceptors (Lipinski definition) is 5. The lowest BCUT2D eigenvalue weighted by Crippen LogP contribution is -2.31. The maximum atomic E-state index is 12.0. The number of carboxylic acids is 1. The van der Waals surface area contributed by atoms with E-state index < -0.39 is 17.8 Å². The Kier molecular flexibility index (Phi) is 3.31. The number of amides is 2. The summed E-state index contributed by atoms with van der Waals surface area (Å²) < 4.78 is 4.95. The van der Waals surface area contributed by atoms with Gasteiger partial charge in [-0.15, -0.1) is 0 Å². The predicted molar refractivity (Wildman–Crippen MR) is 68.2 cm³/mol. The molecule has 1 aromatic carbocycles. The second-order valence-corrected chi connectivity index (χ2v) is 4.37. The van der Waals surface area contributed by atoms with Crippen LogP contribution in [0.25, 0.3) is 0 Å². The predicted octanol–water partition coefficient (Wildman–Crippen LogP) is 0.268. The number of carbonyl (C=O) groups excluding carboxylic acids is 3. The van der Waals surface area contributed by atoms with Crippen LogP contribution in [0.4, 0.5) is 5.69 Å². The molecule has 0 N–H and O–H groups in total. The van der Waals surface area contributed by atoms with Crippen LogP contribution in [0, 0.1) is 0 Å². The number of rotatable bonds is 3. The highest BCUT2D eigenvalue weighted by Gasteiger charge is 2.34. The molecule has 2 rings (SSSR count). The van der Waals surface area contributed by atoms with Crippen molar-refractivity contribution in [3.8, 4) is 5.75 Å². The molecule has 1 heterocycles. The molecular weight excluding hydrogens is 262 g/mol. The van der Waals surface area contributed by atoms with Crippen LogP contribution in [0.3, 0.4) is 0 Å². The van der Waals surface area contributed by atoms with Gasteiger partial charge in [-0.1, -0.05) is 0 Å². The lowest BCUT2D eigenvalue weighted by Gasteiger charge is -2.17. The van der Waals surface area contributed by atoms with Gasteiger partial charge in [0.25, 0.3) is 11.8 Å². The van der Waals surface area contributed by atoms with Crippen molar-refractivity contribution in [2.75, 3.05) is 12.0 Å². The highest BCUT2D eigenvalue weighted by Crippen LogP contribution is 2.30. The van der Waals surface area contributed by atoms with E-state index in [1.54, 1.807) is 13.8 Å². The zero-order valence-electron chi connectivity index (χ0n) is 11.2. The summed E-state index contributed by atoms with van der Waals surface area (Å²) in [5.41, 5.74) is 0.866. The summed E-state index contributed by atoms with van der Waals surface area (Å²) in [6, 6.07) is 3.94. The van der Waals surface area contributed by atoms with Crippen LogP contribution >= 0.6 is 0 Å². The molecule has 0 atom stereocenters. The van der Waals surface area contributed by atoms with Gasteiger partial charge in [0, 0.05) is 22.8 Å². The van der Waals surface area contributed by atoms with Crippen LogP contribution in [-0.2, 0) is 9.59 Å². The molecule has 0 saturated carbocycles. The second kappa shape index (κ2) is 4.80. The topological polar surface area (TPSA) is 86.7 Å². The summed E-state index contributed by atoms with van der Waals surface area (Å²) in [5.74, 6) is -2.20. The van der Waals surface area contributed by atoms with Gasteiger partial charge in [-0.2, -0.15) is 0 Å². The smallest absolute Gasteiger partial charge is 0.261 e. The molecule has 1 aliphatic rings. The number of hydrogen-bond donors (Lipinski definition) is 0. The third-order valence-electron chi connectivity index (χ3n) is 3.27. The van der Waals surface area contributed by atoms with Gasteiger partial charge in [0.15, 0.2) is 0 Å². The van der Waals surface area contributed by atoms with Crippen molar-refractivity contribution in [2.45, 2.75) is 13.8 Å². The molecule has 0 fully saturated rings. The first-order chi connectivity index (χ1) is 9.38. The van der Waals surface area contributed by atoms with Gasteiger partial charge < -0.3 is 14.6 Å². The van der Waals surface area contributed by atoms with Crippen molar-refractivity contribution in [1.82, 2.24) is 0 Å². The number of anilines is 1. The Balaban J connectivity index is 2.49. The van der Waals surface area contributed by atoms with Crippen molar-refractivity contribution < 1.29 is 24.2 Å². The molecule has 20 heavy (non-hydrogen) atoms. The summed E-state index contributed by atoms with van der Waals surface area (Å²) in [5, 5.41) is 10.9. The average molecular weight is 274 g/mol. The number of aromatic carboxylic acids is 1. The van der Waals surface area contributed by atoms with E-state index in [9.17, 15) is 19.5 Å². The molecule has 0 unspecified atom stereocenters. The molecule has 0 spiro atoms. The Labute approximate surface area is 115 Å². The van der Waals surface area contributed by atoms with Crippen LogP contribution in [0.2, 0.25) is 0 Å². The number of ether oxygens (including phenoxy) is 1. The number of nitrogens with zero attached hydrogens (tertiary/aromatic N) is 1. The zero-order valence-corrected chi connectivity index (χ0v) is 11.2. The second-order valence-electron chi connectivity index (χ2n) is 4.37. The van der Waals surface area contributed by atoms with E-state index in [2.05, 4.69) is 0 Å². The minimum absolute atomic E-state index is 0.0327. The van der Waals surface area contributed by atoms with Gasteiger partial charge in [-0.25, -0.2) is 4.90 Å². The first-order valence-corrected chi connectivity index (χ1v) is 5.84. The van der Waals surface area contributed by atoms with Crippen molar-refractivity contribution in [3.63, 3.8) is 0 Å².